The van der Waals surface area contributed by atoms with E-state index in [1.807, 2.05) is 12.3 Å². The maximum Gasteiger partial charge on any atom is 0.229 e. The quantitative estimate of drug-likeness (QED) is 0.515. The van der Waals surface area contributed by atoms with Crippen molar-refractivity contribution < 1.29 is 9.47 Å². The van der Waals surface area contributed by atoms with Crippen LogP contribution in [0.25, 0.3) is 33.2 Å². The van der Waals surface area contributed by atoms with Crippen LogP contribution in [0.5, 0.6) is 0 Å². The number of H-pyrrole nitrogens is 1. The number of ether oxygens (including phenoxy) is 2. The van der Waals surface area contributed by atoms with Gasteiger partial charge < -0.3 is 19.3 Å². The van der Waals surface area contributed by atoms with Crippen LogP contribution in [0.3, 0.4) is 0 Å². The molecule has 33 heavy (non-hydrogen) atoms. The van der Waals surface area contributed by atoms with Gasteiger partial charge in [0.1, 0.15) is 5.82 Å². The van der Waals surface area contributed by atoms with Crippen LogP contribution in [-0.2, 0) is 9.47 Å². The summed E-state index contributed by atoms with van der Waals surface area (Å²) in [7, 11) is 0. The molecule has 2 aliphatic rings. The first-order valence-corrected chi connectivity index (χ1v) is 11.5. The first kappa shape index (κ1) is 20.3. The molecule has 9 heteroatoms. The van der Waals surface area contributed by atoms with Crippen LogP contribution in [0.15, 0.2) is 36.5 Å². The molecular weight excluding hydrogens is 418 g/mol. The Morgan fingerprint density at radius 2 is 1.70 bits per heavy atom. The molecule has 2 atom stereocenters. The van der Waals surface area contributed by atoms with E-state index in [-0.39, 0.29) is 12.1 Å². The number of fused-ring (bicyclic) bond motifs is 2. The van der Waals surface area contributed by atoms with Gasteiger partial charge in [-0.15, -0.1) is 0 Å². The molecule has 0 unspecified atom stereocenters. The molecule has 2 aliphatic heterocycles. The van der Waals surface area contributed by atoms with E-state index >= 15 is 0 Å². The van der Waals surface area contributed by atoms with Gasteiger partial charge in [-0.1, -0.05) is 6.07 Å². The zero-order valence-electron chi connectivity index (χ0n) is 18.9. The summed E-state index contributed by atoms with van der Waals surface area (Å²) in [5.41, 5.74) is 3.63. The Morgan fingerprint density at radius 1 is 0.909 bits per heavy atom. The molecule has 0 amide bonds. The van der Waals surface area contributed by atoms with Gasteiger partial charge in [0.2, 0.25) is 5.95 Å². The second kappa shape index (κ2) is 8.24. The molecule has 170 valence electrons. The molecule has 0 bridgehead atoms. The van der Waals surface area contributed by atoms with E-state index in [1.54, 1.807) is 0 Å². The average Bonchev–Trinajstić information content (AvgIpc) is 3.32. The predicted octanol–water partition coefficient (Wildman–Crippen LogP) is 3.02. The normalized spacial score (nSPS) is 21.8. The van der Waals surface area contributed by atoms with Crippen molar-refractivity contribution in [2.24, 2.45) is 0 Å². The molecule has 0 saturated carbocycles. The molecular formula is C24H27N7O2. The molecule has 0 aliphatic carbocycles. The van der Waals surface area contributed by atoms with Gasteiger partial charge in [0.15, 0.2) is 5.65 Å². The highest BCUT2D eigenvalue weighted by molar-refractivity contribution is 5.91. The fourth-order valence-electron chi connectivity index (χ4n) is 4.66. The molecule has 2 saturated heterocycles. The van der Waals surface area contributed by atoms with Gasteiger partial charge in [-0.2, -0.15) is 15.1 Å². The third-order valence-electron chi connectivity index (χ3n) is 6.53. The largest absolute Gasteiger partial charge is 0.377 e. The van der Waals surface area contributed by atoms with Crippen LogP contribution in [0.4, 0.5) is 11.8 Å². The average molecular weight is 446 g/mol. The topological polar surface area (TPSA) is 92.3 Å². The van der Waals surface area contributed by atoms with Crippen molar-refractivity contribution in [2.45, 2.75) is 25.9 Å². The molecule has 9 nitrogen and oxygen atoms in total. The standard InChI is InChI=1S/C24H27N7O2/c1-15-13-32-9-7-30(15)23-19-4-6-20(17-3-5-21-18(11-17)12-25-29-21)26-22(19)27-24(28-23)31-8-10-33-14-16(31)2/h3-6,11-12,15-16H,7-10,13-14H2,1-2H3,(H,25,29)/t15-,16-/m0/s1. The second-order valence-corrected chi connectivity index (χ2v) is 8.82. The Bertz CT molecular complexity index is 1310. The van der Waals surface area contributed by atoms with E-state index in [4.69, 9.17) is 24.4 Å². The molecule has 1 aromatic carbocycles. The number of benzene rings is 1. The summed E-state index contributed by atoms with van der Waals surface area (Å²) in [5.74, 6) is 1.63. The fourth-order valence-corrected chi connectivity index (χ4v) is 4.66. The summed E-state index contributed by atoms with van der Waals surface area (Å²) in [5, 5.41) is 9.15. The zero-order valence-corrected chi connectivity index (χ0v) is 18.9. The van der Waals surface area contributed by atoms with E-state index in [9.17, 15) is 0 Å². The maximum absolute atomic E-state index is 5.68. The van der Waals surface area contributed by atoms with Crippen LogP contribution in [-0.4, -0.2) is 76.8 Å². The monoisotopic (exact) mass is 445 g/mol. The van der Waals surface area contributed by atoms with E-state index in [2.05, 4.69) is 58.1 Å². The summed E-state index contributed by atoms with van der Waals surface area (Å²) < 4.78 is 11.3. The third-order valence-corrected chi connectivity index (χ3v) is 6.53. The Hall–Kier alpha value is -3.30. The van der Waals surface area contributed by atoms with Crippen molar-refractivity contribution in [1.82, 2.24) is 25.1 Å². The van der Waals surface area contributed by atoms with Crippen LogP contribution < -0.4 is 9.80 Å². The van der Waals surface area contributed by atoms with E-state index in [0.717, 1.165) is 46.5 Å². The molecule has 3 aromatic heterocycles. The predicted molar refractivity (Wildman–Crippen MR) is 128 cm³/mol. The minimum absolute atomic E-state index is 0.206. The van der Waals surface area contributed by atoms with Crippen molar-refractivity contribution in [2.75, 3.05) is 49.3 Å². The zero-order chi connectivity index (χ0) is 22.4. The Morgan fingerprint density at radius 3 is 2.48 bits per heavy atom. The van der Waals surface area contributed by atoms with Crippen molar-refractivity contribution in [3.05, 3.63) is 36.5 Å². The Labute approximate surface area is 191 Å². The first-order chi connectivity index (χ1) is 16.2. The number of hydrogen-bond acceptors (Lipinski definition) is 8. The summed E-state index contributed by atoms with van der Waals surface area (Å²) in [4.78, 5) is 19.5. The number of aromatic amines is 1. The number of aromatic nitrogens is 5. The lowest BCUT2D eigenvalue weighted by molar-refractivity contribution is 0.0973. The molecule has 0 radical (unpaired) electrons. The van der Waals surface area contributed by atoms with Crippen molar-refractivity contribution in [3.63, 3.8) is 0 Å². The minimum atomic E-state index is 0.206. The highest BCUT2D eigenvalue weighted by Gasteiger charge is 2.27. The van der Waals surface area contributed by atoms with Crippen LogP contribution in [0, 0.1) is 0 Å². The molecule has 2 fully saturated rings. The molecule has 5 heterocycles. The van der Waals surface area contributed by atoms with Gasteiger partial charge in [0.05, 0.1) is 61.3 Å². The van der Waals surface area contributed by atoms with Crippen molar-refractivity contribution >= 4 is 33.7 Å². The SMILES string of the molecule is C[C@H]1COCCN1c1nc(N2CCOC[C@@H]2C)c2ccc(-c3ccc4[nH]ncc4c3)nc2n1. The lowest BCUT2D eigenvalue weighted by Crippen LogP contribution is -2.46. The number of nitrogens with zero attached hydrogens (tertiary/aromatic N) is 6. The van der Waals surface area contributed by atoms with Crippen molar-refractivity contribution in [3.8, 4) is 11.3 Å². The Balaban J connectivity index is 1.50. The summed E-state index contributed by atoms with van der Waals surface area (Å²) in [6.45, 7) is 8.60. The molecule has 6 rings (SSSR count). The van der Waals surface area contributed by atoms with Gasteiger partial charge in [-0.3, -0.25) is 5.10 Å². The molecule has 4 aromatic rings. The van der Waals surface area contributed by atoms with Gasteiger partial charge in [-0.05, 0) is 38.1 Å². The van der Waals surface area contributed by atoms with Gasteiger partial charge in [-0.25, -0.2) is 4.98 Å². The first-order valence-electron chi connectivity index (χ1n) is 11.5. The van der Waals surface area contributed by atoms with E-state index in [1.165, 1.54) is 0 Å². The summed E-state index contributed by atoms with van der Waals surface area (Å²) in [6, 6.07) is 10.8. The lowest BCUT2D eigenvalue weighted by atomic mass is 10.1. The summed E-state index contributed by atoms with van der Waals surface area (Å²) in [6.07, 6.45) is 1.83. The molecule has 1 N–H and O–H groups in total. The van der Waals surface area contributed by atoms with E-state index in [0.29, 0.717) is 38.0 Å². The third kappa shape index (κ3) is 3.67. The van der Waals surface area contributed by atoms with Gasteiger partial charge >= 0.3 is 0 Å². The van der Waals surface area contributed by atoms with Gasteiger partial charge in [0, 0.05) is 24.0 Å². The number of hydrogen-bond donors (Lipinski definition) is 1. The maximum atomic E-state index is 5.68. The van der Waals surface area contributed by atoms with E-state index < -0.39 is 0 Å². The highest BCUT2D eigenvalue weighted by Crippen LogP contribution is 2.31. The fraction of sp³-hybridized carbons (Fsp3) is 0.417. The number of anilines is 2. The summed E-state index contributed by atoms with van der Waals surface area (Å²) >= 11 is 0. The van der Waals surface area contributed by atoms with Gasteiger partial charge in [0.25, 0.3) is 0 Å². The number of morpholine rings is 2. The second-order valence-electron chi connectivity index (χ2n) is 8.82. The Kier molecular flexibility index (Phi) is 5.07. The van der Waals surface area contributed by atoms with Crippen LogP contribution in [0.1, 0.15) is 13.8 Å². The number of nitrogens with one attached hydrogen (secondary N) is 1. The smallest absolute Gasteiger partial charge is 0.229 e. The van der Waals surface area contributed by atoms with Crippen LogP contribution >= 0.6 is 0 Å². The highest BCUT2D eigenvalue weighted by atomic mass is 16.5. The minimum Gasteiger partial charge on any atom is -0.377 e. The van der Waals surface area contributed by atoms with Crippen LogP contribution in [0.2, 0.25) is 0 Å². The number of pyridine rings is 1. The number of rotatable bonds is 3. The molecule has 0 spiro atoms. The van der Waals surface area contributed by atoms with Crippen molar-refractivity contribution in [1.29, 1.82) is 0 Å². The lowest BCUT2D eigenvalue weighted by Gasteiger charge is -2.37.